The Morgan fingerprint density at radius 1 is 1.12 bits per heavy atom. The van der Waals surface area contributed by atoms with E-state index in [4.69, 9.17) is 4.74 Å². The molecule has 0 aromatic heterocycles. The summed E-state index contributed by atoms with van der Waals surface area (Å²) in [4.78, 5) is 0. The quantitative estimate of drug-likeness (QED) is 0.643. The molecule has 1 rings (SSSR count). The molecule has 0 heterocycles. The van der Waals surface area contributed by atoms with E-state index in [9.17, 15) is 0 Å². The lowest BCUT2D eigenvalue weighted by atomic mass is 9.90. The van der Waals surface area contributed by atoms with Crippen molar-refractivity contribution in [3.8, 4) is 0 Å². The Morgan fingerprint density at radius 3 is 2.56 bits per heavy atom. The molecule has 0 atom stereocenters. The molecule has 0 spiro atoms. The standard InChI is InChI=1S/C14H29NO/c1-13(2)8-9-15-10-11-16-12-14-6-4-3-5-7-14/h13-15H,3-12H2,1-2H3. The van der Waals surface area contributed by atoms with Crippen molar-refractivity contribution in [2.45, 2.75) is 52.4 Å². The van der Waals surface area contributed by atoms with Gasteiger partial charge in [0.05, 0.1) is 6.61 Å². The lowest BCUT2D eigenvalue weighted by Gasteiger charge is -2.21. The normalized spacial score (nSPS) is 18.2. The van der Waals surface area contributed by atoms with Gasteiger partial charge in [-0.2, -0.15) is 0 Å². The van der Waals surface area contributed by atoms with Crippen LogP contribution in [0.1, 0.15) is 52.4 Å². The molecule has 2 heteroatoms. The first-order valence-electron chi connectivity index (χ1n) is 7.07. The molecule has 0 saturated heterocycles. The van der Waals surface area contributed by atoms with E-state index in [1.807, 2.05) is 0 Å². The van der Waals surface area contributed by atoms with Gasteiger partial charge in [0.1, 0.15) is 0 Å². The SMILES string of the molecule is CC(C)CCNCCOCC1CCCCC1. The highest BCUT2D eigenvalue weighted by Gasteiger charge is 2.12. The van der Waals surface area contributed by atoms with Crippen LogP contribution in [0.4, 0.5) is 0 Å². The van der Waals surface area contributed by atoms with Gasteiger partial charge in [-0.1, -0.05) is 33.1 Å². The minimum atomic E-state index is 0.802. The van der Waals surface area contributed by atoms with E-state index in [2.05, 4.69) is 19.2 Å². The summed E-state index contributed by atoms with van der Waals surface area (Å²) >= 11 is 0. The molecule has 0 radical (unpaired) electrons. The monoisotopic (exact) mass is 227 g/mol. The molecular formula is C14H29NO. The molecule has 0 bridgehead atoms. The first-order valence-corrected chi connectivity index (χ1v) is 7.07. The van der Waals surface area contributed by atoms with Crippen LogP contribution in [0, 0.1) is 11.8 Å². The highest BCUT2D eigenvalue weighted by molar-refractivity contribution is 4.64. The summed E-state index contributed by atoms with van der Waals surface area (Å²) in [5, 5.41) is 3.43. The number of hydrogen-bond donors (Lipinski definition) is 1. The van der Waals surface area contributed by atoms with E-state index in [1.165, 1.54) is 38.5 Å². The van der Waals surface area contributed by atoms with Crippen LogP contribution in [0.15, 0.2) is 0 Å². The predicted molar refractivity (Wildman–Crippen MR) is 69.7 cm³/mol. The number of rotatable bonds is 8. The molecule has 2 nitrogen and oxygen atoms in total. The third kappa shape index (κ3) is 7.24. The van der Waals surface area contributed by atoms with Gasteiger partial charge >= 0.3 is 0 Å². The molecule has 1 aliphatic carbocycles. The summed E-state index contributed by atoms with van der Waals surface area (Å²) in [5.41, 5.74) is 0. The van der Waals surface area contributed by atoms with Crippen molar-refractivity contribution in [1.82, 2.24) is 5.32 Å². The van der Waals surface area contributed by atoms with E-state index in [-0.39, 0.29) is 0 Å². The minimum absolute atomic E-state index is 0.802. The molecule has 1 aliphatic rings. The molecule has 1 N–H and O–H groups in total. The molecule has 0 aromatic rings. The molecule has 0 aromatic carbocycles. The maximum Gasteiger partial charge on any atom is 0.0591 e. The van der Waals surface area contributed by atoms with E-state index in [1.54, 1.807) is 0 Å². The molecule has 0 amide bonds. The van der Waals surface area contributed by atoms with Crippen LogP contribution in [0.3, 0.4) is 0 Å². The maximum absolute atomic E-state index is 5.72. The first-order chi connectivity index (χ1) is 7.79. The van der Waals surface area contributed by atoms with Crippen LogP contribution in [0.25, 0.3) is 0 Å². The van der Waals surface area contributed by atoms with E-state index in [0.29, 0.717) is 0 Å². The second-order valence-electron chi connectivity index (χ2n) is 5.51. The van der Waals surface area contributed by atoms with E-state index < -0.39 is 0 Å². The second-order valence-corrected chi connectivity index (χ2v) is 5.51. The molecule has 0 aliphatic heterocycles. The average Bonchev–Trinajstić information content (AvgIpc) is 2.29. The smallest absolute Gasteiger partial charge is 0.0591 e. The van der Waals surface area contributed by atoms with Gasteiger partial charge < -0.3 is 10.1 Å². The third-order valence-electron chi connectivity index (χ3n) is 3.40. The summed E-state index contributed by atoms with van der Waals surface area (Å²) in [7, 11) is 0. The zero-order chi connectivity index (χ0) is 11.6. The number of hydrogen-bond acceptors (Lipinski definition) is 2. The summed E-state index contributed by atoms with van der Waals surface area (Å²) in [6.07, 6.45) is 8.32. The summed E-state index contributed by atoms with van der Waals surface area (Å²) in [6.45, 7) is 8.55. The summed E-state index contributed by atoms with van der Waals surface area (Å²) in [5.74, 6) is 1.65. The van der Waals surface area contributed by atoms with Gasteiger partial charge in [-0.05, 0) is 37.6 Å². The Labute approximate surface area is 101 Å². The topological polar surface area (TPSA) is 21.3 Å². The van der Waals surface area contributed by atoms with E-state index >= 15 is 0 Å². The van der Waals surface area contributed by atoms with Crippen LogP contribution in [0.2, 0.25) is 0 Å². The second kappa shape index (κ2) is 9.00. The number of nitrogens with one attached hydrogen (secondary N) is 1. The molecule has 0 unspecified atom stereocenters. The Morgan fingerprint density at radius 2 is 1.88 bits per heavy atom. The lowest BCUT2D eigenvalue weighted by molar-refractivity contribution is 0.0869. The van der Waals surface area contributed by atoms with Crippen LogP contribution in [0.5, 0.6) is 0 Å². The molecular weight excluding hydrogens is 198 g/mol. The fourth-order valence-corrected chi connectivity index (χ4v) is 2.26. The minimum Gasteiger partial charge on any atom is -0.380 e. The van der Waals surface area contributed by atoms with Gasteiger partial charge in [0.25, 0.3) is 0 Å². The largest absolute Gasteiger partial charge is 0.380 e. The van der Waals surface area contributed by atoms with Crippen LogP contribution < -0.4 is 5.32 Å². The summed E-state index contributed by atoms with van der Waals surface area (Å²) < 4.78 is 5.72. The molecule has 96 valence electrons. The Bertz CT molecular complexity index is 153. The van der Waals surface area contributed by atoms with Crippen molar-refractivity contribution >= 4 is 0 Å². The molecule has 1 saturated carbocycles. The first kappa shape index (κ1) is 14.0. The van der Waals surface area contributed by atoms with Gasteiger partial charge in [0, 0.05) is 13.2 Å². The number of ether oxygens (including phenoxy) is 1. The van der Waals surface area contributed by atoms with Crippen LogP contribution in [-0.2, 0) is 4.74 Å². The third-order valence-corrected chi connectivity index (χ3v) is 3.40. The Balaban J connectivity index is 1.80. The predicted octanol–water partition coefficient (Wildman–Crippen LogP) is 3.22. The van der Waals surface area contributed by atoms with Crippen molar-refractivity contribution < 1.29 is 4.74 Å². The van der Waals surface area contributed by atoms with Gasteiger partial charge in [0.15, 0.2) is 0 Å². The van der Waals surface area contributed by atoms with Gasteiger partial charge in [-0.3, -0.25) is 0 Å². The van der Waals surface area contributed by atoms with Gasteiger partial charge in [-0.15, -0.1) is 0 Å². The molecule has 1 fully saturated rings. The Kier molecular flexibility index (Phi) is 7.87. The van der Waals surface area contributed by atoms with Crippen molar-refractivity contribution in [3.05, 3.63) is 0 Å². The fourth-order valence-electron chi connectivity index (χ4n) is 2.26. The zero-order valence-electron chi connectivity index (χ0n) is 11.1. The van der Waals surface area contributed by atoms with Crippen molar-refractivity contribution in [1.29, 1.82) is 0 Å². The highest BCUT2D eigenvalue weighted by Crippen LogP contribution is 2.23. The molecule has 16 heavy (non-hydrogen) atoms. The van der Waals surface area contributed by atoms with Crippen LogP contribution >= 0.6 is 0 Å². The van der Waals surface area contributed by atoms with Gasteiger partial charge in [-0.25, -0.2) is 0 Å². The zero-order valence-corrected chi connectivity index (χ0v) is 11.1. The van der Waals surface area contributed by atoms with Crippen molar-refractivity contribution in [2.75, 3.05) is 26.3 Å². The van der Waals surface area contributed by atoms with E-state index in [0.717, 1.165) is 38.1 Å². The average molecular weight is 227 g/mol. The van der Waals surface area contributed by atoms with Crippen LogP contribution in [-0.4, -0.2) is 26.3 Å². The maximum atomic E-state index is 5.72. The Hall–Kier alpha value is -0.0800. The highest BCUT2D eigenvalue weighted by atomic mass is 16.5. The lowest BCUT2D eigenvalue weighted by Crippen LogP contribution is -2.23. The van der Waals surface area contributed by atoms with Crippen molar-refractivity contribution in [2.24, 2.45) is 11.8 Å². The van der Waals surface area contributed by atoms with Crippen molar-refractivity contribution in [3.63, 3.8) is 0 Å². The van der Waals surface area contributed by atoms with Gasteiger partial charge in [0.2, 0.25) is 0 Å². The fraction of sp³-hybridized carbons (Fsp3) is 1.00. The summed E-state index contributed by atoms with van der Waals surface area (Å²) in [6, 6.07) is 0.